The lowest BCUT2D eigenvalue weighted by molar-refractivity contribution is -0.116. The zero-order chi connectivity index (χ0) is 19.8. The van der Waals surface area contributed by atoms with E-state index in [1.165, 1.54) is 29.5 Å². The molecule has 146 valence electrons. The van der Waals surface area contributed by atoms with Crippen LogP contribution >= 0.6 is 0 Å². The number of ether oxygens (including phenoxy) is 2. The number of para-hydroxylation sites is 2. The fraction of sp³-hybridized carbons (Fsp3) is 0.250. The van der Waals surface area contributed by atoms with Crippen molar-refractivity contribution < 1.29 is 18.7 Å². The highest BCUT2D eigenvalue weighted by Crippen LogP contribution is 2.26. The fourth-order valence-electron chi connectivity index (χ4n) is 2.59. The first-order chi connectivity index (χ1) is 13.7. The Hall–Kier alpha value is -3.42. The van der Waals surface area contributed by atoms with Gasteiger partial charge in [0.1, 0.15) is 18.3 Å². The molecule has 28 heavy (non-hydrogen) atoms. The summed E-state index contributed by atoms with van der Waals surface area (Å²) in [5, 5.41) is 6.57. The van der Waals surface area contributed by atoms with Gasteiger partial charge in [0.15, 0.2) is 17.3 Å². The van der Waals surface area contributed by atoms with Gasteiger partial charge in [-0.15, -0.1) is 0 Å². The number of carbonyl (C=O) groups excluding carboxylic acids is 1. The van der Waals surface area contributed by atoms with Crippen molar-refractivity contribution in [1.29, 1.82) is 0 Å². The molecule has 0 radical (unpaired) electrons. The fourth-order valence-corrected chi connectivity index (χ4v) is 2.59. The van der Waals surface area contributed by atoms with Gasteiger partial charge in [-0.1, -0.05) is 12.1 Å². The summed E-state index contributed by atoms with van der Waals surface area (Å²) >= 11 is 0. The molecule has 0 aliphatic heterocycles. The maximum Gasteiger partial charge on any atom is 0.224 e. The van der Waals surface area contributed by atoms with E-state index in [1.54, 1.807) is 6.07 Å². The summed E-state index contributed by atoms with van der Waals surface area (Å²) in [7, 11) is 0. The summed E-state index contributed by atoms with van der Waals surface area (Å²) < 4.78 is 26.7. The third-order valence-corrected chi connectivity index (χ3v) is 3.85. The number of halogens is 1. The number of hydrogen-bond acceptors (Lipinski definition) is 5. The summed E-state index contributed by atoms with van der Waals surface area (Å²) in [6, 6.07) is 11.8. The van der Waals surface area contributed by atoms with Crippen LogP contribution in [-0.4, -0.2) is 33.9 Å². The summed E-state index contributed by atoms with van der Waals surface area (Å²) in [6.45, 7) is 2.83. The average Bonchev–Trinajstić information content (AvgIpc) is 3.21. The van der Waals surface area contributed by atoms with Gasteiger partial charge < -0.3 is 14.8 Å². The second kappa shape index (κ2) is 9.50. The topological polar surface area (TPSA) is 78.3 Å². The summed E-state index contributed by atoms with van der Waals surface area (Å²) in [5.41, 5.74) is 0.644. The minimum atomic E-state index is -0.501. The van der Waals surface area contributed by atoms with E-state index in [2.05, 4.69) is 15.4 Å². The number of rotatable bonds is 9. The van der Waals surface area contributed by atoms with Crippen LogP contribution < -0.4 is 14.8 Å². The van der Waals surface area contributed by atoms with E-state index in [0.29, 0.717) is 36.8 Å². The van der Waals surface area contributed by atoms with Crippen molar-refractivity contribution in [3.8, 4) is 17.2 Å². The third kappa shape index (κ3) is 5.06. The van der Waals surface area contributed by atoms with Gasteiger partial charge in [-0.25, -0.2) is 14.1 Å². The first-order valence-electron chi connectivity index (χ1n) is 8.96. The molecule has 0 fully saturated rings. The molecule has 0 unspecified atom stereocenters. The van der Waals surface area contributed by atoms with Crippen LogP contribution in [0.4, 0.5) is 10.1 Å². The van der Waals surface area contributed by atoms with Crippen molar-refractivity contribution in [1.82, 2.24) is 14.8 Å². The maximum absolute atomic E-state index is 14.2. The Morgan fingerprint density at radius 1 is 1.18 bits per heavy atom. The Morgan fingerprint density at radius 2 is 1.96 bits per heavy atom. The standard InChI is InChI=1S/C20H21FN4O3/c1-2-27-18-6-3-4-7-19(18)28-11-5-8-20(26)24-15-9-10-17(16(21)12-15)25-14-22-13-23-25/h3-4,6-7,9-10,12-14H,2,5,8,11H2,1H3,(H,24,26). The molecular formula is C20H21FN4O3. The van der Waals surface area contributed by atoms with Gasteiger partial charge in [0, 0.05) is 12.1 Å². The quantitative estimate of drug-likeness (QED) is 0.570. The normalized spacial score (nSPS) is 10.5. The average molecular weight is 384 g/mol. The number of nitrogens with zero attached hydrogens (tertiary/aromatic N) is 3. The number of nitrogens with one attached hydrogen (secondary N) is 1. The van der Waals surface area contributed by atoms with Crippen LogP contribution in [0.25, 0.3) is 5.69 Å². The summed E-state index contributed by atoms with van der Waals surface area (Å²) in [4.78, 5) is 15.9. The molecule has 7 nitrogen and oxygen atoms in total. The lowest BCUT2D eigenvalue weighted by Gasteiger charge is -2.11. The third-order valence-electron chi connectivity index (χ3n) is 3.85. The smallest absolute Gasteiger partial charge is 0.224 e. The number of carbonyl (C=O) groups is 1. The Labute approximate surface area is 162 Å². The Balaban J connectivity index is 1.47. The van der Waals surface area contributed by atoms with Gasteiger partial charge in [0.25, 0.3) is 0 Å². The minimum absolute atomic E-state index is 0.213. The van der Waals surface area contributed by atoms with Gasteiger partial charge in [0.2, 0.25) is 5.91 Å². The molecule has 0 atom stereocenters. The molecular weight excluding hydrogens is 363 g/mol. The predicted octanol–water partition coefficient (Wildman–Crippen LogP) is 3.60. The van der Waals surface area contributed by atoms with Crippen molar-refractivity contribution in [2.45, 2.75) is 19.8 Å². The molecule has 0 aliphatic rings. The largest absolute Gasteiger partial charge is 0.490 e. The van der Waals surface area contributed by atoms with E-state index in [9.17, 15) is 9.18 Å². The molecule has 2 aromatic carbocycles. The van der Waals surface area contributed by atoms with Crippen molar-refractivity contribution in [2.75, 3.05) is 18.5 Å². The van der Waals surface area contributed by atoms with Crippen LogP contribution in [0.15, 0.2) is 55.1 Å². The zero-order valence-corrected chi connectivity index (χ0v) is 15.5. The molecule has 0 saturated heterocycles. The van der Waals surface area contributed by atoms with Gasteiger partial charge >= 0.3 is 0 Å². The highest BCUT2D eigenvalue weighted by atomic mass is 19.1. The molecule has 0 aliphatic carbocycles. The number of amides is 1. The Kier molecular flexibility index (Phi) is 6.56. The zero-order valence-electron chi connectivity index (χ0n) is 15.5. The molecule has 3 aromatic rings. The maximum atomic E-state index is 14.2. The SMILES string of the molecule is CCOc1ccccc1OCCCC(=O)Nc1ccc(-n2cncn2)c(F)c1. The van der Waals surface area contributed by atoms with Gasteiger partial charge in [-0.2, -0.15) is 5.10 Å². The molecule has 8 heteroatoms. The summed E-state index contributed by atoms with van der Waals surface area (Å²) in [6.07, 6.45) is 3.50. The Morgan fingerprint density at radius 3 is 2.64 bits per heavy atom. The molecule has 0 bridgehead atoms. The number of aromatic nitrogens is 3. The van der Waals surface area contributed by atoms with Crippen LogP contribution in [0.5, 0.6) is 11.5 Å². The van der Waals surface area contributed by atoms with E-state index in [1.807, 2.05) is 31.2 Å². The van der Waals surface area contributed by atoms with Crippen LogP contribution in [0.3, 0.4) is 0 Å². The monoisotopic (exact) mass is 384 g/mol. The van der Waals surface area contributed by atoms with Gasteiger partial charge in [-0.3, -0.25) is 4.79 Å². The van der Waals surface area contributed by atoms with Crippen LogP contribution in [0.1, 0.15) is 19.8 Å². The second-order valence-corrected chi connectivity index (χ2v) is 5.89. The minimum Gasteiger partial charge on any atom is -0.490 e. The van der Waals surface area contributed by atoms with E-state index >= 15 is 0 Å². The van der Waals surface area contributed by atoms with Crippen LogP contribution in [-0.2, 0) is 4.79 Å². The van der Waals surface area contributed by atoms with Crippen molar-refractivity contribution in [3.05, 3.63) is 60.9 Å². The van der Waals surface area contributed by atoms with E-state index in [-0.39, 0.29) is 18.0 Å². The summed E-state index contributed by atoms with van der Waals surface area (Å²) in [5.74, 6) is 0.613. The van der Waals surface area contributed by atoms with Crippen molar-refractivity contribution in [3.63, 3.8) is 0 Å². The predicted molar refractivity (Wildman–Crippen MR) is 102 cm³/mol. The highest BCUT2D eigenvalue weighted by Gasteiger charge is 2.09. The van der Waals surface area contributed by atoms with Gasteiger partial charge in [-0.05, 0) is 43.7 Å². The lowest BCUT2D eigenvalue weighted by atomic mass is 10.2. The molecule has 1 amide bonds. The molecule has 1 aromatic heterocycles. The molecule has 0 saturated carbocycles. The van der Waals surface area contributed by atoms with Gasteiger partial charge in [0.05, 0.1) is 13.2 Å². The van der Waals surface area contributed by atoms with Crippen molar-refractivity contribution >= 4 is 11.6 Å². The van der Waals surface area contributed by atoms with E-state index in [4.69, 9.17) is 9.47 Å². The highest BCUT2D eigenvalue weighted by molar-refractivity contribution is 5.90. The first kappa shape index (κ1) is 19.3. The molecule has 1 N–H and O–H groups in total. The number of hydrogen-bond donors (Lipinski definition) is 1. The number of benzene rings is 2. The Bertz CT molecular complexity index is 916. The first-order valence-corrected chi connectivity index (χ1v) is 8.96. The molecule has 0 spiro atoms. The van der Waals surface area contributed by atoms with E-state index < -0.39 is 5.82 Å². The van der Waals surface area contributed by atoms with Crippen LogP contribution in [0, 0.1) is 5.82 Å². The molecule has 1 heterocycles. The molecule has 3 rings (SSSR count). The second-order valence-electron chi connectivity index (χ2n) is 5.89. The lowest BCUT2D eigenvalue weighted by Crippen LogP contribution is -2.13. The van der Waals surface area contributed by atoms with Crippen molar-refractivity contribution in [2.24, 2.45) is 0 Å². The number of anilines is 1. The van der Waals surface area contributed by atoms with E-state index in [0.717, 1.165) is 0 Å². The van der Waals surface area contributed by atoms with Crippen LogP contribution in [0.2, 0.25) is 0 Å².